The molecule has 0 bridgehead atoms. The normalized spacial score (nSPS) is 16.3. The van der Waals surface area contributed by atoms with Crippen LogP contribution in [0.3, 0.4) is 0 Å². The molecule has 0 N–H and O–H groups in total. The van der Waals surface area contributed by atoms with Crippen molar-refractivity contribution in [2.75, 3.05) is 26.9 Å². The number of hydrogen-bond acceptors (Lipinski definition) is 7. The summed E-state index contributed by atoms with van der Waals surface area (Å²) in [6.07, 6.45) is 0.0244. The van der Waals surface area contributed by atoms with Crippen molar-refractivity contribution in [2.24, 2.45) is 10.8 Å². The number of carbonyl (C=O) groups excluding carboxylic acids is 3. The maximum Gasteiger partial charge on any atom is 0.326 e. The predicted molar refractivity (Wildman–Crippen MR) is 114 cm³/mol. The minimum Gasteiger partial charge on any atom is -0.468 e. The number of methoxy groups -OCH3 is 1. The molecule has 0 spiro atoms. The topological polar surface area (TPSA) is 88.1 Å². The number of carbonyl (C=O) groups is 3. The zero-order chi connectivity index (χ0) is 23.1. The highest BCUT2D eigenvalue weighted by atomic mass is 35.5. The molecule has 2 unspecified atom stereocenters. The number of hydrogen-bond donors (Lipinski definition) is 0. The first kappa shape index (κ1) is 27.9. The molecule has 9 heteroatoms. The predicted octanol–water partition coefficient (Wildman–Crippen LogP) is 3.93. The highest BCUT2D eigenvalue weighted by molar-refractivity contribution is 6.69. The van der Waals surface area contributed by atoms with Crippen molar-refractivity contribution in [3.8, 4) is 0 Å². The van der Waals surface area contributed by atoms with Crippen LogP contribution < -0.4 is 0 Å². The van der Waals surface area contributed by atoms with E-state index in [1.807, 2.05) is 19.6 Å². The van der Waals surface area contributed by atoms with E-state index in [9.17, 15) is 14.4 Å². The van der Waals surface area contributed by atoms with Gasteiger partial charge in [0.1, 0.15) is 11.5 Å². The van der Waals surface area contributed by atoms with Crippen LogP contribution in [0.2, 0.25) is 19.6 Å². The van der Waals surface area contributed by atoms with E-state index >= 15 is 0 Å². The molecule has 0 amide bonds. The van der Waals surface area contributed by atoms with Gasteiger partial charge in [-0.05, 0) is 67.1 Å². The van der Waals surface area contributed by atoms with Crippen LogP contribution in [0.1, 0.15) is 47.5 Å². The third kappa shape index (κ3) is 9.48. The van der Waals surface area contributed by atoms with Gasteiger partial charge in [0.25, 0.3) is 0 Å². The molecular weight excluding hydrogens is 416 g/mol. The average Bonchev–Trinajstić information content (AvgIpc) is 2.55. The number of esters is 3. The summed E-state index contributed by atoms with van der Waals surface area (Å²) < 4.78 is 21.0. The number of rotatable bonds is 12. The van der Waals surface area contributed by atoms with Crippen molar-refractivity contribution in [3.05, 3.63) is 0 Å². The van der Waals surface area contributed by atoms with Crippen LogP contribution in [0.25, 0.3) is 0 Å². The van der Waals surface area contributed by atoms with Gasteiger partial charge in [-0.3, -0.25) is 14.4 Å². The minimum absolute atomic E-state index is 0.0647. The van der Waals surface area contributed by atoms with Gasteiger partial charge >= 0.3 is 17.9 Å². The van der Waals surface area contributed by atoms with E-state index in [1.165, 1.54) is 14.0 Å². The van der Waals surface area contributed by atoms with Crippen LogP contribution in [0.5, 0.6) is 0 Å². The zero-order valence-electron chi connectivity index (χ0n) is 19.3. The fourth-order valence-electron chi connectivity index (χ4n) is 3.26. The summed E-state index contributed by atoms with van der Waals surface area (Å²) in [4.78, 5) is 36.0. The Bertz CT molecular complexity index is 584. The van der Waals surface area contributed by atoms with E-state index in [4.69, 9.17) is 30.2 Å². The molecule has 0 aromatic carbocycles. The molecule has 0 rings (SSSR count). The van der Waals surface area contributed by atoms with E-state index in [0.717, 1.165) is 0 Å². The van der Waals surface area contributed by atoms with E-state index in [2.05, 4.69) is 0 Å². The van der Waals surface area contributed by atoms with E-state index in [0.29, 0.717) is 0 Å². The fraction of sp³-hybridized carbons (Fsp3) is 0.850. The van der Waals surface area contributed by atoms with Gasteiger partial charge in [-0.25, -0.2) is 0 Å². The first-order valence-corrected chi connectivity index (χ1v) is 13.5. The van der Waals surface area contributed by atoms with Gasteiger partial charge in [0.05, 0.1) is 31.2 Å². The molecule has 0 saturated heterocycles. The molecular formula is C20H37ClO7Si. The largest absolute Gasteiger partial charge is 0.468 e. The van der Waals surface area contributed by atoms with Gasteiger partial charge in [0.2, 0.25) is 0 Å². The highest BCUT2D eigenvalue weighted by Crippen LogP contribution is 2.43. The maximum absolute atomic E-state index is 13.0. The quantitative estimate of drug-likeness (QED) is 0.146. The van der Waals surface area contributed by atoms with Gasteiger partial charge in [-0.1, -0.05) is 0 Å². The van der Waals surface area contributed by atoms with Gasteiger partial charge < -0.3 is 18.6 Å². The third-order valence-corrected chi connectivity index (χ3v) is 5.70. The lowest BCUT2D eigenvalue weighted by molar-refractivity contribution is -0.164. The van der Waals surface area contributed by atoms with Crippen LogP contribution >= 0.6 is 11.6 Å². The molecule has 0 aliphatic carbocycles. The minimum atomic E-state index is -1.73. The van der Waals surface area contributed by atoms with Crippen LogP contribution in [-0.2, 0) is 33.0 Å². The van der Waals surface area contributed by atoms with E-state index < -0.39 is 41.9 Å². The van der Waals surface area contributed by atoms with Crippen molar-refractivity contribution >= 4 is 37.8 Å². The zero-order valence-corrected chi connectivity index (χ0v) is 21.0. The van der Waals surface area contributed by atoms with Crippen LogP contribution in [0.15, 0.2) is 0 Å². The van der Waals surface area contributed by atoms with Gasteiger partial charge in [-0.2, -0.15) is 0 Å². The second-order valence-electron chi connectivity index (χ2n) is 9.30. The number of alkyl halides is 1. The summed E-state index contributed by atoms with van der Waals surface area (Å²) in [5.41, 5.74) is -2.21. The Kier molecular flexibility index (Phi) is 10.4. The Morgan fingerprint density at radius 2 is 1.41 bits per heavy atom. The lowest BCUT2D eigenvalue weighted by atomic mass is 9.69. The molecule has 0 radical (unpaired) electrons. The number of halogens is 1. The lowest BCUT2D eigenvalue weighted by Crippen LogP contribution is -2.45. The SMILES string of the molecule is CCOC(=O)C(C)(C)CC(C)(CC(C)(Cl)C(=O)OC)C(=O)OCCO[Si](C)(C)C. The summed E-state index contributed by atoms with van der Waals surface area (Å²) in [5, 5.41) is 0. The van der Waals surface area contributed by atoms with Crippen molar-refractivity contribution < 1.29 is 33.0 Å². The fourth-order valence-corrected chi connectivity index (χ4v) is 4.32. The van der Waals surface area contributed by atoms with E-state index in [1.54, 1.807) is 27.7 Å². The maximum atomic E-state index is 13.0. The first-order valence-electron chi connectivity index (χ1n) is 9.76. The van der Waals surface area contributed by atoms with Crippen molar-refractivity contribution in [3.63, 3.8) is 0 Å². The summed E-state index contributed by atoms with van der Waals surface area (Å²) in [7, 11) is -0.499. The van der Waals surface area contributed by atoms with Crippen molar-refractivity contribution in [2.45, 2.75) is 72.0 Å². The number of ether oxygens (including phenoxy) is 3. The van der Waals surface area contributed by atoms with Crippen LogP contribution in [0, 0.1) is 10.8 Å². The summed E-state index contributed by atoms with van der Waals surface area (Å²) >= 11 is 6.39. The van der Waals surface area contributed by atoms with E-state index in [-0.39, 0.29) is 32.7 Å². The smallest absolute Gasteiger partial charge is 0.326 e. The van der Waals surface area contributed by atoms with Crippen LogP contribution in [0.4, 0.5) is 0 Å². The molecule has 0 aromatic heterocycles. The molecule has 0 fully saturated rings. The standard InChI is InChI=1S/C20H37ClO7Si/c1-10-26-15(22)18(2,3)13-19(4,14-20(5,21)17(24)25-6)16(23)27-11-12-28-29(7,8)9/h10-14H2,1-9H3. The molecule has 7 nitrogen and oxygen atoms in total. The Hall–Kier alpha value is -1.12. The average molecular weight is 453 g/mol. The second-order valence-corrected chi connectivity index (χ2v) is 14.7. The first-order chi connectivity index (χ1) is 13.0. The third-order valence-electron chi connectivity index (χ3n) is 4.34. The summed E-state index contributed by atoms with van der Waals surface area (Å²) in [6, 6.07) is 0. The lowest BCUT2D eigenvalue weighted by Gasteiger charge is -2.37. The molecule has 0 aliphatic heterocycles. The second kappa shape index (κ2) is 10.8. The van der Waals surface area contributed by atoms with Crippen molar-refractivity contribution in [1.29, 1.82) is 0 Å². The Balaban J connectivity index is 5.55. The van der Waals surface area contributed by atoms with Gasteiger partial charge in [0, 0.05) is 0 Å². The molecule has 0 saturated carbocycles. The Morgan fingerprint density at radius 3 is 1.86 bits per heavy atom. The molecule has 0 heterocycles. The molecule has 0 aromatic rings. The molecule has 29 heavy (non-hydrogen) atoms. The van der Waals surface area contributed by atoms with Gasteiger partial charge in [0.15, 0.2) is 8.32 Å². The van der Waals surface area contributed by atoms with Gasteiger partial charge in [-0.15, -0.1) is 11.6 Å². The summed E-state index contributed by atoms with van der Waals surface area (Å²) in [6.45, 7) is 14.9. The summed E-state index contributed by atoms with van der Waals surface area (Å²) in [5.74, 6) is -1.64. The Labute approximate surface area is 180 Å². The molecule has 170 valence electrons. The highest BCUT2D eigenvalue weighted by Gasteiger charge is 2.49. The monoisotopic (exact) mass is 452 g/mol. The van der Waals surface area contributed by atoms with Crippen LogP contribution in [-0.4, -0.2) is 58.0 Å². The molecule has 2 atom stereocenters. The van der Waals surface area contributed by atoms with Crippen molar-refractivity contribution in [1.82, 2.24) is 0 Å². The molecule has 0 aliphatic rings. The Morgan fingerprint density at radius 1 is 0.862 bits per heavy atom.